The SMILES string of the molecule is O=C(Nc1nnc(-c2ccccc2)s1)c1cc(Cl)ccc1Cl. The zero-order chi connectivity index (χ0) is 15.5. The summed E-state index contributed by atoms with van der Waals surface area (Å²) in [4.78, 5) is 12.2. The van der Waals surface area contributed by atoms with Crippen LogP contribution in [0.25, 0.3) is 10.6 Å². The number of aromatic nitrogens is 2. The lowest BCUT2D eigenvalue weighted by Gasteiger charge is -2.03. The Labute approximate surface area is 140 Å². The maximum atomic E-state index is 12.2. The van der Waals surface area contributed by atoms with Crippen molar-refractivity contribution in [2.45, 2.75) is 0 Å². The third kappa shape index (κ3) is 3.27. The van der Waals surface area contributed by atoms with Gasteiger partial charge in [-0.2, -0.15) is 0 Å². The van der Waals surface area contributed by atoms with Crippen molar-refractivity contribution < 1.29 is 4.79 Å². The van der Waals surface area contributed by atoms with E-state index in [0.29, 0.717) is 20.7 Å². The van der Waals surface area contributed by atoms with Gasteiger partial charge in [-0.15, -0.1) is 10.2 Å². The van der Waals surface area contributed by atoms with Crippen LogP contribution in [0.5, 0.6) is 0 Å². The minimum absolute atomic E-state index is 0.297. The van der Waals surface area contributed by atoms with Crippen molar-refractivity contribution in [2.24, 2.45) is 0 Å². The molecule has 1 aromatic heterocycles. The molecular formula is C15H9Cl2N3OS. The second kappa shape index (κ2) is 6.44. The van der Waals surface area contributed by atoms with E-state index in [1.54, 1.807) is 12.1 Å². The predicted molar refractivity (Wildman–Crippen MR) is 89.8 cm³/mol. The van der Waals surface area contributed by atoms with E-state index < -0.39 is 0 Å². The molecule has 0 aliphatic carbocycles. The normalized spacial score (nSPS) is 10.5. The number of amides is 1. The molecule has 0 saturated heterocycles. The third-order valence-electron chi connectivity index (χ3n) is 2.84. The van der Waals surface area contributed by atoms with Gasteiger partial charge in [0, 0.05) is 10.6 Å². The fraction of sp³-hybridized carbons (Fsp3) is 0. The van der Waals surface area contributed by atoms with Crippen molar-refractivity contribution in [2.75, 3.05) is 5.32 Å². The number of carbonyl (C=O) groups excluding carboxylic acids is 1. The molecule has 0 aliphatic heterocycles. The van der Waals surface area contributed by atoms with Crippen LogP contribution in [0.3, 0.4) is 0 Å². The number of rotatable bonds is 3. The van der Waals surface area contributed by atoms with Crippen LogP contribution < -0.4 is 5.32 Å². The van der Waals surface area contributed by atoms with E-state index in [4.69, 9.17) is 23.2 Å². The Bertz CT molecular complexity index is 821. The molecule has 22 heavy (non-hydrogen) atoms. The molecule has 0 saturated carbocycles. The Balaban J connectivity index is 1.81. The highest BCUT2D eigenvalue weighted by atomic mass is 35.5. The van der Waals surface area contributed by atoms with Crippen molar-refractivity contribution in [3.8, 4) is 10.6 Å². The van der Waals surface area contributed by atoms with Gasteiger partial charge in [-0.25, -0.2) is 0 Å². The first kappa shape index (κ1) is 15.0. The van der Waals surface area contributed by atoms with Gasteiger partial charge in [0.05, 0.1) is 10.6 Å². The van der Waals surface area contributed by atoms with Gasteiger partial charge in [-0.1, -0.05) is 64.9 Å². The number of hydrogen-bond donors (Lipinski definition) is 1. The van der Waals surface area contributed by atoms with Crippen LogP contribution in [-0.2, 0) is 0 Å². The van der Waals surface area contributed by atoms with Crippen LogP contribution in [0.1, 0.15) is 10.4 Å². The fourth-order valence-corrected chi connectivity index (χ4v) is 2.93. The van der Waals surface area contributed by atoms with Crippen LogP contribution in [0.15, 0.2) is 48.5 Å². The van der Waals surface area contributed by atoms with Crippen molar-refractivity contribution in [1.29, 1.82) is 0 Å². The summed E-state index contributed by atoms with van der Waals surface area (Å²) in [5.41, 5.74) is 1.24. The summed E-state index contributed by atoms with van der Waals surface area (Å²) in [7, 11) is 0. The minimum atomic E-state index is -0.372. The molecule has 4 nitrogen and oxygen atoms in total. The summed E-state index contributed by atoms with van der Waals surface area (Å²) in [5.74, 6) is -0.372. The molecule has 0 unspecified atom stereocenters. The standard InChI is InChI=1S/C15H9Cl2N3OS/c16-10-6-7-12(17)11(8-10)13(21)18-15-20-19-14(22-15)9-4-2-1-3-5-9/h1-8H,(H,18,20,21). The first-order valence-electron chi connectivity index (χ1n) is 6.29. The molecule has 110 valence electrons. The van der Waals surface area contributed by atoms with Gasteiger partial charge in [0.1, 0.15) is 5.01 Å². The van der Waals surface area contributed by atoms with Gasteiger partial charge >= 0.3 is 0 Å². The monoisotopic (exact) mass is 349 g/mol. The second-order valence-corrected chi connectivity index (χ2v) is 6.18. The highest BCUT2D eigenvalue weighted by Gasteiger charge is 2.14. The Morgan fingerprint density at radius 1 is 1.05 bits per heavy atom. The lowest BCUT2D eigenvalue weighted by Crippen LogP contribution is -2.12. The van der Waals surface area contributed by atoms with E-state index in [1.807, 2.05) is 30.3 Å². The summed E-state index contributed by atoms with van der Waals surface area (Å²) >= 11 is 13.2. The van der Waals surface area contributed by atoms with Crippen molar-refractivity contribution in [3.05, 3.63) is 64.1 Å². The van der Waals surface area contributed by atoms with Gasteiger partial charge in [-0.3, -0.25) is 10.1 Å². The lowest BCUT2D eigenvalue weighted by atomic mass is 10.2. The molecule has 3 aromatic rings. The van der Waals surface area contributed by atoms with Crippen LogP contribution in [-0.4, -0.2) is 16.1 Å². The molecule has 0 aliphatic rings. The van der Waals surface area contributed by atoms with Crippen molar-refractivity contribution in [1.82, 2.24) is 10.2 Å². The third-order valence-corrected chi connectivity index (χ3v) is 4.29. The number of anilines is 1. The highest BCUT2D eigenvalue weighted by molar-refractivity contribution is 7.18. The average Bonchev–Trinajstić information content (AvgIpc) is 2.99. The number of nitrogens with zero attached hydrogens (tertiary/aromatic N) is 2. The highest BCUT2D eigenvalue weighted by Crippen LogP contribution is 2.27. The molecule has 1 N–H and O–H groups in total. The first-order chi connectivity index (χ1) is 10.6. The smallest absolute Gasteiger partial charge is 0.259 e. The number of halogens is 2. The van der Waals surface area contributed by atoms with Crippen LogP contribution in [0.4, 0.5) is 5.13 Å². The number of benzene rings is 2. The zero-order valence-corrected chi connectivity index (χ0v) is 13.4. The molecule has 1 amide bonds. The largest absolute Gasteiger partial charge is 0.296 e. The van der Waals surface area contributed by atoms with E-state index in [0.717, 1.165) is 10.6 Å². The maximum Gasteiger partial charge on any atom is 0.259 e. The quantitative estimate of drug-likeness (QED) is 0.741. The van der Waals surface area contributed by atoms with Gasteiger partial charge in [0.2, 0.25) is 5.13 Å². The molecule has 0 spiro atoms. The fourth-order valence-electron chi connectivity index (χ4n) is 1.81. The second-order valence-electron chi connectivity index (χ2n) is 4.36. The first-order valence-corrected chi connectivity index (χ1v) is 7.86. The number of nitrogens with one attached hydrogen (secondary N) is 1. The number of carbonyl (C=O) groups is 1. The summed E-state index contributed by atoms with van der Waals surface area (Å²) in [6.45, 7) is 0. The topological polar surface area (TPSA) is 54.9 Å². The Hall–Kier alpha value is -1.95. The molecule has 0 fully saturated rings. The molecule has 0 atom stereocenters. The molecule has 7 heteroatoms. The summed E-state index contributed by atoms with van der Waals surface area (Å²) in [6.07, 6.45) is 0. The van der Waals surface area contributed by atoms with Crippen LogP contribution in [0, 0.1) is 0 Å². The molecule has 3 rings (SSSR count). The Morgan fingerprint density at radius 3 is 2.59 bits per heavy atom. The van der Waals surface area contributed by atoms with Gasteiger partial charge in [0.25, 0.3) is 5.91 Å². The summed E-state index contributed by atoms with van der Waals surface area (Å²) in [5, 5.41) is 12.6. The average molecular weight is 350 g/mol. The van der Waals surface area contributed by atoms with Crippen LogP contribution >= 0.6 is 34.5 Å². The summed E-state index contributed by atoms with van der Waals surface area (Å²) < 4.78 is 0. The molecule has 1 heterocycles. The van der Waals surface area contributed by atoms with E-state index >= 15 is 0 Å². The van der Waals surface area contributed by atoms with Crippen LogP contribution in [0.2, 0.25) is 10.0 Å². The molecule has 2 aromatic carbocycles. The van der Waals surface area contributed by atoms with E-state index in [-0.39, 0.29) is 5.91 Å². The number of hydrogen-bond acceptors (Lipinski definition) is 4. The van der Waals surface area contributed by atoms with E-state index in [2.05, 4.69) is 15.5 Å². The minimum Gasteiger partial charge on any atom is -0.296 e. The molecule has 0 radical (unpaired) electrons. The summed E-state index contributed by atoms with van der Waals surface area (Å²) in [6, 6.07) is 14.3. The van der Waals surface area contributed by atoms with Gasteiger partial charge in [-0.05, 0) is 18.2 Å². The predicted octanol–water partition coefficient (Wildman–Crippen LogP) is 4.76. The van der Waals surface area contributed by atoms with Gasteiger partial charge < -0.3 is 0 Å². The van der Waals surface area contributed by atoms with Crippen molar-refractivity contribution in [3.63, 3.8) is 0 Å². The molecule has 0 bridgehead atoms. The maximum absolute atomic E-state index is 12.2. The lowest BCUT2D eigenvalue weighted by molar-refractivity contribution is 0.102. The van der Waals surface area contributed by atoms with E-state index in [1.165, 1.54) is 17.4 Å². The van der Waals surface area contributed by atoms with Crippen molar-refractivity contribution >= 4 is 45.6 Å². The van der Waals surface area contributed by atoms with Gasteiger partial charge in [0.15, 0.2) is 0 Å². The Morgan fingerprint density at radius 2 is 1.82 bits per heavy atom. The molecular weight excluding hydrogens is 341 g/mol. The van der Waals surface area contributed by atoms with E-state index in [9.17, 15) is 4.79 Å². The zero-order valence-electron chi connectivity index (χ0n) is 11.1. The Kier molecular flexibility index (Phi) is 4.38.